The second kappa shape index (κ2) is 4.06. The van der Waals surface area contributed by atoms with Crippen LogP contribution in [0.5, 0.6) is 0 Å². The van der Waals surface area contributed by atoms with Crippen LogP contribution in [-0.2, 0) is 4.74 Å². The Morgan fingerprint density at radius 2 is 2.27 bits per heavy atom. The minimum absolute atomic E-state index is 0.0469. The predicted octanol–water partition coefficient (Wildman–Crippen LogP) is 1.85. The van der Waals surface area contributed by atoms with Gasteiger partial charge in [0.15, 0.2) is 0 Å². The zero-order valence-electron chi connectivity index (χ0n) is 8.90. The molecule has 0 aromatic carbocycles. The molecular formula is C10H14BrN3O. The molecule has 2 heterocycles. The van der Waals surface area contributed by atoms with Crippen LogP contribution in [-0.4, -0.2) is 35.8 Å². The van der Waals surface area contributed by atoms with Gasteiger partial charge in [0, 0.05) is 20.2 Å². The summed E-state index contributed by atoms with van der Waals surface area (Å²) >= 11 is 3.27. The number of hydrogen-bond acceptors (Lipinski definition) is 4. The Morgan fingerprint density at radius 3 is 2.80 bits per heavy atom. The predicted molar refractivity (Wildman–Crippen MR) is 62.0 cm³/mol. The van der Waals surface area contributed by atoms with Crippen molar-refractivity contribution in [3.8, 4) is 0 Å². The number of methoxy groups -OCH3 is 1. The van der Waals surface area contributed by atoms with E-state index in [1.807, 2.05) is 0 Å². The van der Waals surface area contributed by atoms with Crippen LogP contribution in [0, 0.1) is 0 Å². The Bertz CT molecular complexity index is 343. The number of ether oxygens (including phenoxy) is 1. The highest BCUT2D eigenvalue weighted by Gasteiger charge is 2.34. The first-order chi connectivity index (χ1) is 7.13. The van der Waals surface area contributed by atoms with E-state index in [9.17, 15) is 0 Å². The third kappa shape index (κ3) is 2.29. The lowest BCUT2D eigenvalue weighted by Gasteiger charge is -2.23. The Hall–Kier alpha value is -0.680. The normalized spacial score (nSPS) is 25.9. The van der Waals surface area contributed by atoms with E-state index in [1.54, 1.807) is 19.5 Å². The second-order valence-electron chi connectivity index (χ2n) is 4.02. The van der Waals surface area contributed by atoms with Gasteiger partial charge in [0.25, 0.3) is 0 Å². The number of nitrogens with zero attached hydrogens (tertiary/aromatic N) is 3. The van der Waals surface area contributed by atoms with Gasteiger partial charge in [-0.25, -0.2) is 9.97 Å². The molecule has 1 aliphatic heterocycles. The number of halogens is 1. The number of anilines is 1. The van der Waals surface area contributed by atoms with Crippen molar-refractivity contribution in [3.05, 3.63) is 17.0 Å². The summed E-state index contributed by atoms with van der Waals surface area (Å²) < 4.78 is 6.24. The molecule has 4 nitrogen and oxygen atoms in total. The zero-order valence-corrected chi connectivity index (χ0v) is 10.5. The van der Waals surface area contributed by atoms with Crippen LogP contribution in [0.4, 0.5) is 5.82 Å². The Balaban J connectivity index is 2.11. The average molecular weight is 272 g/mol. The van der Waals surface area contributed by atoms with Gasteiger partial charge in [-0.2, -0.15) is 0 Å². The smallest absolute Gasteiger partial charge is 0.147 e. The largest absolute Gasteiger partial charge is 0.377 e. The van der Waals surface area contributed by atoms with Gasteiger partial charge < -0.3 is 9.64 Å². The molecule has 0 spiro atoms. The van der Waals surface area contributed by atoms with Crippen LogP contribution in [0.2, 0.25) is 0 Å². The lowest BCUT2D eigenvalue weighted by molar-refractivity contribution is 0.0256. The van der Waals surface area contributed by atoms with E-state index >= 15 is 0 Å². The van der Waals surface area contributed by atoms with E-state index in [-0.39, 0.29) is 5.60 Å². The van der Waals surface area contributed by atoms with Crippen molar-refractivity contribution in [3.63, 3.8) is 0 Å². The molecule has 0 N–H and O–H groups in total. The fourth-order valence-corrected chi connectivity index (χ4v) is 1.97. The molecule has 0 radical (unpaired) electrons. The van der Waals surface area contributed by atoms with Crippen LogP contribution in [0.15, 0.2) is 17.0 Å². The highest BCUT2D eigenvalue weighted by Crippen LogP contribution is 2.27. The number of hydrogen-bond donors (Lipinski definition) is 0. The molecule has 1 aliphatic rings. The van der Waals surface area contributed by atoms with Crippen LogP contribution >= 0.6 is 15.9 Å². The SMILES string of the molecule is COC1(C)CCN(c2cnc(Br)cn2)C1. The summed E-state index contributed by atoms with van der Waals surface area (Å²) in [6, 6.07) is 0. The lowest BCUT2D eigenvalue weighted by Crippen LogP contribution is -2.32. The van der Waals surface area contributed by atoms with Crippen LogP contribution in [0.25, 0.3) is 0 Å². The first kappa shape index (κ1) is 10.8. The monoisotopic (exact) mass is 271 g/mol. The van der Waals surface area contributed by atoms with Gasteiger partial charge in [0.05, 0.1) is 18.0 Å². The topological polar surface area (TPSA) is 38.2 Å². The minimum atomic E-state index is -0.0469. The van der Waals surface area contributed by atoms with E-state index in [1.165, 1.54) is 0 Å². The van der Waals surface area contributed by atoms with Crippen molar-refractivity contribution in [2.45, 2.75) is 18.9 Å². The third-order valence-electron chi connectivity index (χ3n) is 2.86. The third-order valence-corrected chi connectivity index (χ3v) is 3.27. The van der Waals surface area contributed by atoms with Crippen molar-refractivity contribution in [1.82, 2.24) is 9.97 Å². The highest BCUT2D eigenvalue weighted by molar-refractivity contribution is 9.10. The minimum Gasteiger partial charge on any atom is -0.377 e. The second-order valence-corrected chi connectivity index (χ2v) is 4.84. The quantitative estimate of drug-likeness (QED) is 0.823. The van der Waals surface area contributed by atoms with Crippen molar-refractivity contribution >= 4 is 21.7 Å². The zero-order chi connectivity index (χ0) is 10.9. The van der Waals surface area contributed by atoms with E-state index < -0.39 is 0 Å². The lowest BCUT2D eigenvalue weighted by atomic mass is 10.1. The molecule has 0 aliphatic carbocycles. The van der Waals surface area contributed by atoms with Crippen molar-refractivity contribution in [1.29, 1.82) is 0 Å². The summed E-state index contributed by atoms with van der Waals surface area (Å²) in [7, 11) is 1.76. The van der Waals surface area contributed by atoms with E-state index in [0.717, 1.165) is 29.9 Å². The first-order valence-corrected chi connectivity index (χ1v) is 5.70. The maximum atomic E-state index is 5.47. The van der Waals surface area contributed by atoms with Crippen LogP contribution in [0.3, 0.4) is 0 Å². The first-order valence-electron chi connectivity index (χ1n) is 4.91. The molecule has 0 saturated carbocycles. The van der Waals surface area contributed by atoms with E-state index in [2.05, 4.69) is 37.7 Å². The van der Waals surface area contributed by atoms with Gasteiger partial charge >= 0.3 is 0 Å². The molecule has 0 amide bonds. The van der Waals surface area contributed by atoms with Crippen LogP contribution < -0.4 is 4.90 Å². The summed E-state index contributed by atoms with van der Waals surface area (Å²) in [6.45, 7) is 3.97. The van der Waals surface area contributed by atoms with Crippen LogP contribution in [0.1, 0.15) is 13.3 Å². The summed E-state index contributed by atoms with van der Waals surface area (Å²) in [5.74, 6) is 0.916. The molecule has 0 bridgehead atoms. The number of rotatable bonds is 2. The molecule has 82 valence electrons. The highest BCUT2D eigenvalue weighted by atomic mass is 79.9. The molecule has 1 unspecified atom stereocenters. The van der Waals surface area contributed by atoms with Gasteiger partial charge in [-0.15, -0.1) is 0 Å². The maximum Gasteiger partial charge on any atom is 0.147 e. The molecular weight excluding hydrogens is 258 g/mol. The summed E-state index contributed by atoms with van der Waals surface area (Å²) in [6.07, 6.45) is 4.53. The molecule has 1 aromatic rings. The molecule has 1 aromatic heterocycles. The molecule has 5 heteroatoms. The Labute approximate surface area is 97.8 Å². The van der Waals surface area contributed by atoms with Gasteiger partial charge in [-0.1, -0.05) is 0 Å². The fourth-order valence-electron chi connectivity index (χ4n) is 1.76. The summed E-state index contributed by atoms with van der Waals surface area (Å²) in [4.78, 5) is 10.7. The van der Waals surface area contributed by atoms with E-state index in [0.29, 0.717) is 0 Å². The standard InChI is InChI=1S/C10H14BrN3O/c1-10(15-2)3-4-14(7-10)9-6-12-8(11)5-13-9/h5-6H,3-4,7H2,1-2H3. The van der Waals surface area contributed by atoms with E-state index in [4.69, 9.17) is 4.74 Å². The Kier molecular flexibility index (Phi) is 2.93. The molecule has 2 rings (SSSR count). The molecule has 1 fully saturated rings. The maximum absolute atomic E-state index is 5.47. The van der Waals surface area contributed by atoms with Crippen molar-refractivity contribution < 1.29 is 4.74 Å². The van der Waals surface area contributed by atoms with Gasteiger partial charge in [0.2, 0.25) is 0 Å². The molecule has 15 heavy (non-hydrogen) atoms. The van der Waals surface area contributed by atoms with Gasteiger partial charge in [-0.3, -0.25) is 0 Å². The van der Waals surface area contributed by atoms with Crippen molar-refractivity contribution in [2.24, 2.45) is 0 Å². The molecule has 1 saturated heterocycles. The summed E-state index contributed by atoms with van der Waals surface area (Å²) in [5.41, 5.74) is -0.0469. The Morgan fingerprint density at radius 1 is 1.47 bits per heavy atom. The molecule has 1 atom stereocenters. The van der Waals surface area contributed by atoms with Gasteiger partial charge in [0.1, 0.15) is 10.4 Å². The fraction of sp³-hybridized carbons (Fsp3) is 0.600. The number of aromatic nitrogens is 2. The van der Waals surface area contributed by atoms with Gasteiger partial charge in [-0.05, 0) is 29.3 Å². The summed E-state index contributed by atoms with van der Waals surface area (Å²) in [5, 5.41) is 0. The van der Waals surface area contributed by atoms with Crippen molar-refractivity contribution in [2.75, 3.05) is 25.1 Å². The average Bonchev–Trinajstić information content (AvgIpc) is 2.63.